The lowest BCUT2D eigenvalue weighted by atomic mass is 9.64. The molecule has 1 amide bonds. The molecular weight excluding hydrogens is 384 g/mol. The molecule has 0 bridgehead atoms. The Hall–Kier alpha value is -2.11. The predicted molar refractivity (Wildman–Crippen MR) is 117 cm³/mol. The summed E-state index contributed by atoms with van der Waals surface area (Å²) in [6.45, 7) is 8.01. The van der Waals surface area contributed by atoms with E-state index in [2.05, 4.69) is 39.2 Å². The number of anilines is 1. The van der Waals surface area contributed by atoms with Gasteiger partial charge in [-0.15, -0.1) is 0 Å². The van der Waals surface area contributed by atoms with Crippen LogP contribution in [0, 0.1) is 0 Å². The van der Waals surface area contributed by atoms with E-state index in [1.165, 1.54) is 0 Å². The number of carbonyl (C=O) groups is 1. The lowest BCUT2D eigenvalue weighted by Gasteiger charge is -2.40. The Morgan fingerprint density at radius 1 is 1.17 bits per heavy atom. The molecule has 6 heteroatoms. The smallest absolute Gasteiger partial charge is 0.230 e. The van der Waals surface area contributed by atoms with Crippen LogP contribution < -0.4 is 10.2 Å². The topological polar surface area (TPSA) is 48.5 Å². The van der Waals surface area contributed by atoms with Crippen molar-refractivity contribution in [3.05, 3.63) is 58.7 Å². The lowest BCUT2D eigenvalue weighted by molar-refractivity contribution is -0.130. The Bertz CT molecular complexity index is 842. The van der Waals surface area contributed by atoms with Crippen LogP contribution in [0.4, 0.5) is 5.82 Å². The molecule has 2 aliphatic rings. The van der Waals surface area contributed by atoms with Crippen LogP contribution in [0.5, 0.6) is 0 Å². The molecule has 1 N–H and O–H groups in total. The van der Waals surface area contributed by atoms with E-state index in [1.54, 1.807) is 0 Å². The van der Waals surface area contributed by atoms with E-state index < -0.39 is 5.41 Å². The third-order valence-corrected chi connectivity index (χ3v) is 6.66. The number of benzene rings is 1. The number of nitrogens with one attached hydrogen (secondary N) is 1. The number of hydrogen-bond donors (Lipinski definition) is 1. The van der Waals surface area contributed by atoms with Gasteiger partial charge in [-0.25, -0.2) is 4.98 Å². The van der Waals surface area contributed by atoms with Gasteiger partial charge in [-0.2, -0.15) is 0 Å². The fourth-order valence-electron chi connectivity index (χ4n) is 4.32. The first-order chi connectivity index (χ1) is 14.1. The second-order valence-corrected chi connectivity index (χ2v) is 8.51. The zero-order valence-corrected chi connectivity index (χ0v) is 17.8. The van der Waals surface area contributed by atoms with Gasteiger partial charge in [-0.05, 0) is 48.7 Å². The number of halogens is 1. The first kappa shape index (κ1) is 20.2. The molecule has 1 aliphatic carbocycles. The molecule has 0 spiro atoms. The maximum Gasteiger partial charge on any atom is 0.230 e. The van der Waals surface area contributed by atoms with Crippen LogP contribution in [0.15, 0.2) is 42.6 Å². The third kappa shape index (κ3) is 4.26. The first-order valence-corrected chi connectivity index (χ1v) is 10.9. The summed E-state index contributed by atoms with van der Waals surface area (Å²) >= 11 is 6.16. The van der Waals surface area contributed by atoms with Crippen molar-refractivity contribution in [3.63, 3.8) is 0 Å². The van der Waals surface area contributed by atoms with E-state index in [0.717, 1.165) is 68.9 Å². The van der Waals surface area contributed by atoms with Gasteiger partial charge in [-0.1, -0.05) is 43.1 Å². The fourth-order valence-corrected chi connectivity index (χ4v) is 4.51. The number of nitrogens with zero attached hydrogens (tertiary/aromatic N) is 3. The molecule has 2 heterocycles. The van der Waals surface area contributed by atoms with Gasteiger partial charge in [0.15, 0.2) is 0 Å². The molecule has 154 valence electrons. The van der Waals surface area contributed by atoms with Gasteiger partial charge in [0.05, 0.1) is 5.41 Å². The Labute approximate surface area is 178 Å². The molecule has 2 fully saturated rings. The van der Waals surface area contributed by atoms with E-state index in [0.29, 0.717) is 11.6 Å². The van der Waals surface area contributed by atoms with Crippen molar-refractivity contribution in [2.45, 2.75) is 38.1 Å². The number of carbonyl (C=O) groups excluding carboxylic acids is 1. The fraction of sp³-hybridized carbons (Fsp3) is 0.478. The van der Waals surface area contributed by atoms with Crippen LogP contribution in [-0.2, 0) is 16.8 Å². The average molecular weight is 413 g/mol. The van der Waals surface area contributed by atoms with Crippen molar-refractivity contribution in [2.24, 2.45) is 0 Å². The molecule has 2 aromatic rings. The SMILES string of the molecule is CCN1CCN(c2ccc(CNC(=O)C3(c4cccc(Cl)c4)CCC3)cn2)CC1. The molecule has 1 saturated heterocycles. The molecule has 4 rings (SSSR count). The Morgan fingerprint density at radius 3 is 2.55 bits per heavy atom. The van der Waals surface area contributed by atoms with Gasteiger partial charge >= 0.3 is 0 Å². The first-order valence-electron chi connectivity index (χ1n) is 10.6. The predicted octanol–water partition coefficient (Wildman–Crippen LogP) is 3.62. The van der Waals surface area contributed by atoms with E-state index in [4.69, 9.17) is 11.6 Å². The number of amides is 1. The zero-order valence-electron chi connectivity index (χ0n) is 17.0. The Kier molecular flexibility index (Phi) is 6.07. The van der Waals surface area contributed by atoms with E-state index in [9.17, 15) is 4.79 Å². The van der Waals surface area contributed by atoms with Crippen molar-refractivity contribution in [2.75, 3.05) is 37.6 Å². The average Bonchev–Trinajstić information content (AvgIpc) is 2.72. The minimum atomic E-state index is -0.433. The summed E-state index contributed by atoms with van der Waals surface area (Å²) in [4.78, 5) is 22.4. The molecular formula is C23H29ClN4O. The summed E-state index contributed by atoms with van der Waals surface area (Å²) < 4.78 is 0. The van der Waals surface area contributed by atoms with Crippen LogP contribution in [0.2, 0.25) is 5.02 Å². The van der Waals surface area contributed by atoms with Crippen LogP contribution in [0.1, 0.15) is 37.3 Å². The normalized spacial score (nSPS) is 18.9. The van der Waals surface area contributed by atoms with Crippen molar-refractivity contribution in [1.29, 1.82) is 0 Å². The van der Waals surface area contributed by atoms with E-state index in [1.807, 2.05) is 30.5 Å². The quantitative estimate of drug-likeness (QED) is 0.787. The summed E-state index contributed by atoms with van der Waals surface area (Å²) in [5, 5.41) is 3.81. The summed E-state index contributed by atoms with van der Waals surface area (Å²) in [5.41, 5.74) is 1.61. The molecule has 0 unspecified atom stereocenters. The molecule has 0 atom stereocenters. The van der Waals surface area contributed by atoms with Crippen LogP contribution in [0.3, 0.4) is 0 Å². The molecule has 1 saturated carbocycles. The van der Waals surface area contributed by atoms with Gasteiger partial charge < -0.3 is 15.1 Å². The van der Waals surface area contributed by atoms with Crippen LogP contribution in [-0.4, -0.2) is 48.5 Å². The second kappa shape index (κ2) is 8.72. The zero-order chi connectivity index (χ0) is 20.3. The summed E-state index contributed by atoms with van der Waals surface area (Å²) in [7, 11) is 0. The number of rotatable bonds is 6. The Morgan fingerprint density at radius 2 is 1.97 bits per heavy atom. The van der Waals surface area contributed by atoms with Crippen molar-refractivity contribution in [3.8, 4) is 0 Å². The maximum atomic E-state index is 13.0. The molecule has 29 heavy (non-hydrogen) atoms. The van der Waals surface area contributed by atoms with Gasteiger partial charge in [0.1, 0.15) is 5.82 Å². The highest BCUT2D eigenvalue weighted by molar-refractivity contribution is 6.30. The molecule has 5 nitrogen and oxygen atoms in total. The summed E-state index contributed by atoms with van der Waals surface area (Å²) in [6, 6.07) is 11.9. The third-order valence-electron chi connectivity index (χ3n) is 6.42. The highest BCUT2D eigenvalue weighted by Gasteiger charge is 2.45. The minimum Gasteiger partial charge on any atom is -0.354 e. The molecule has 1 aromatic heterocycles. The van der Waals surface area contributed by atoms with Gasteiger partial charge in [0, 0.05) is 43.9 Å². The number of hydrogen-bond acceptors (Lipinski definition) is 4. The summed E-state index contributed by atoms with van der Waals surface area (Å²) in [5.74, 6) is 1.11. The molecule has 0 radical (unpaired) electrons. The monoisotopic (exact) mass is 412 g/mol. The molecule has 1 aliphatic heterocycles. The van der Waals surface area contributed by atoms with E-state index in [-0.39, 0.29) is 5.91 Å². The van der Waals surface area contributed by atoms with E-state index >= 15 is 0 Å². The Balaban J connectivity index is 1.36. The van der Waals surface area contributed by atoms with Gasteiger partial charge in [0.25, 0.3) is 0 Å². The summed E-state index contributed by atoms with van der Waals surface area (Å²) in [6.07, 6.45) is 4.70. The largest absolute Gasteiger partial charge is 0.354 e. The van der Waals surface area contributed by atoms with Crippen molar-refractivity contribution in [1.82, 2.24) is 15.2 Å². The second-order valence-electron chi connectivity index (χ2n) is 8.07. The van der Waals surface area contributed by atoms with Crippen molar-refractivity contribution < 1.29 is 4.79 Å². The van der Waals surface area contributed by atoms with Crippen LogP contribution in [0.25, 0.3) is 0 Å². The van der Waals surface area contributed by atoms with Gasteiger partial charge in [-0.3, -0.25) is 4.79 Å². The van der Waals surface area contributed by atoms with Crippen molar-refractivity contribution >= 4 is 23.3 Å². The maximum absolute atomic E-state index is 13.0. The van der Waals surface area contributed by atoms with Gasteiger partial charge in [0.2, 0.25) is 5.91 Å². The number of pyridine rings is 1. The number of piperazine rings is 1. The lowest BCUT2D eigenvalue weighted by Crippen LogP contribution is -2.49. The minimum absolute atomic E-state index is 0.0887. The highest BCUT2D eigenvalue weighted by Crippen LogP contribution is 2.44. The highest BCUT2D eigenvalue weighted by atomic mass is 35.5. The molecule has 1 aromatic carbocycles. The number of aromatic nitrogens is 1. The van der Waals surface area contributed by atoms with Crippen LogP contribution >= 0.6 is 11.6 Å². The standard InChI is InChI=1S/C23H29ClN4O/c1-2-27-11-13-28(14-12-27)21-8-7-18(16-25-21)17-26-22(29)23(9-4-10-23)19-5-3-6-20(24)15-19/h3,5-8,15-16H,2,4,9-14,17H2,1H3,(H,26,29). The number of likely N-dealkylation sites (N-methyl/N-ethyl adjacent to an activating group) is 1.